The van der Waals surface area contributed by atoms with E-state index in [9.17, 15) is 13.5 Å². The normalized spacial score (nSPS) is 17.6. The number of aliphatic hydroxyl groups excluding tert-OH is 1. The first kappa shape index (κ1) is 29.6. The molecule has 0 unspecified atom stereocenters. The number of hydrogen-bond acceptors (Lipinski definition) is 8. The van der Waals surface area contributed by atoms with E-state index in [0.717, 1.165) is 42.4 Å². The second-order valence-corrected chi connectivity index (χ2v) is 13.3. The summed E-state index contributed by atoms with van der Waals surface area (Å²) < 4.78 is 50.5. The first-order chi connectivity index (χ1) is 20.5. The minimum Gasteiger partial charge on any atom is -0.489 e. The molecule has 1 aromatic heterocycles. The number of aryl methyl sites for hydroxylation is 1. The third-order valence-corrected chi connectivity index (χ3v) is 9.81. The lowest BCUT2D eigenvalue weighted by molar-refractivity contribution is 0.140. The summed E-state index contributed by atoms with van der Waals surface area (Å²) in [6.45, 7) is 5.65. The van der Waals surface area contributed by atoms with Crippen LogP contribution in [0.25, 0.3) is 22.0 Å². The Bertz CT molecular complexity index is 1830. The number of fused-ring (bicyclic) bond motifs is 2. The predicted molar refractivity (Wildman–Crippen MR) is 166 cm³/mol. The number of aliphatic hydroxyl groups is 1. The van der Waals surface area contributed by atoms with Crippen LogP contribution in [-0.4, -0.2) is 61.2 Å². The summed E-state index contributed by atoms with van der Waals surface area (Å²) in [6.07, 6.45) is 3.47. The lowest BCUT2D eigenvalue weighted by Crippen LogP contribution is -2.37. The standard InChI is InChI=1S/C31H33ClFN5O4S/c1-4-18-11-19(12-20-15-34-31(36-29(18)20)35-22-7-9-38(3)10-8-22)28-17(2)25(6-5-24(28)33)37-43(40,41)27-14-21(32)13-23-26(39)16-42-30(23)27/h5-6,11-15,22,26,37,39H,4,7-10,16H2,1-3H3,(H,34,35,36)/t26-/m1/s1. The zero-order chi connectivity index (χ0) is 30.5. The van der Waals surface area contributed by atoms with Crippen LogP contribution >= 0.6 is 11.6 Å². The van der Waals surface area contributed by atoms with E-state index < -0.39 is 21.9 Å². The van der Waals surface area contributed by atoms with Gasteiger partial charge in [0.25, 0.3) is 10.0 Å². The lowest BCUT2D eigenvalue weighted by Gasteiger charge is -2.29. The molecule has 2 aliphatic heterocycles. The fourth-order valence-corrected chi connectivity index (χ4v) is 7.44. The quantitative estimate of drug-likeness (QED) is 0.240. The number of anilines is 2. The highest BCUT2D eigenvalue weighted by Crippen LogP contribution is 2.41. The van der Waals surface area contributed by atoms with Gasteiger partial charge in [-0.15, -0.1) is 0 Å². The molecule has 0 aliphatic carbocycles. The molecule has 226 valence electrons. The number of hydrogen-bond donors (Lipinski definition) is 3. The van der Waals surface area contributed by atoms with Gasteiger partial charge in [-0.05, 0) is 99.4 Å². The molecular formula is C31H33ClFN5O4S. The van der Waals surface area contributed by atoms with Gasteiger partial charge < -0.3 is 20.1 Å². The maximum absolute atomic E-state index is 15.4. The third kappa shape index (κ3) is 5.74. The number of benzene rings is 3. The fourth-order valence-electron chi connectivity index (χ4n) is 5.82. The van der Waals surface area contributed by atoms with Crippen LogP contribution < -0.4 is 14.8 Å². The highest BCUT2D eigenvalue weighted by Gasteiger charge is 2.32. The van der Waals surface area contributed by atoms with Crippen molar-refractivity contribution in [2.24, 2.45) is 0 Å². The van der Waals surface area contributed by atoms with Gasteiger partial charge in [0.15, 0.2) is 0 Å². The van der Waals surface area contributed by atoms with Gasteiger partial charge in [0.2, 0.25) is 5.95 Å². The number of nitrogens with one attached hydrogen (secondary N) is 2. The van der Waals surface area contributed by atoms with Gasteiger partial charge in [-0.1, -0.05) is 18.5 Å². The SMILES string of the molecule is CCc1cc(-c2c(F)ccc(NS(=O)(=O)c3cc(Cl)cc4c3OC[C@H]4O)c2C)cc2cnc(NC3CCN(C)CC3)nc12. The Morgan fingerprint density at radius 1 is 1.19 bits per heavy atom. The summed E-state index contributed by atoms with van der Waals surface area (Å²) in [6, 6.07) is 9.42. The zero-order valence-corrected chi connectivity index (χ0v) is 25.7. The van der Waals surface area contributed by atoms with E-state index in [1.54, 1.807) is 13.1 Å². The van der Waals surface area contributed by atoms with Gasteiger partial charge in [0, 0.05) is 33.8 Å². The van der Waals surface area contributed by atoms with Crippen molar-refractivity contribution in [3.05, 3.63) is 70.1 Å². The second kappa shape index (κ2) is 11.5. The van der Waals surface area contributed by atoms with Crippen molar-refractivity contribution in [1.29, 1.82) is 0 Å². The number of likely N-dealkylation sites (tertiary alicyclic amines) is 1. The van der Waals surface area contributed by atoms with Crippen molar-refractivity contribution >= 4 is 44.2 Å². The molecule has 12 heteroatoms. The maximum atomic E-state index is 15.4. The van der Waals surface area contributed by atoms with Crippen LogP contribution in [-0.2, 0) is 16.4 Å². The van der Waals surface area contributed by atoms with Crippen LogP contribution in [0.4, 0.5) is 16.0 Å². The Hall–Kier alpha value is -3.51. The van der Waals surface area contributed by atoms with Crippen molar-refractivity contribution < 1.29 is 22.7 Å². The van der Waals surface area contributed by atoms with Gasteiger partial charge in [-0.3, -0.25) is 4.72 Å². The Morgan fingerprint density at radius 3 is 2.70 bits per heavy atom. The Labute approximate surface area is 255 Å². The molecule has 1 saturated heterocycles. The Morgan fingerprint density at radius 2 is 1.95 bits per heavy atom. The predicted octanol–water partition coefficient (Wildman–Crippen LogP) is 5.69. The zero-order valence-electron chi connectivity index (χ0n) is 24.1. The average Bonchev–Trinajstić information content (AvgIpc) is 3.35. The second-order valence-electron chi connectivity index (χ2n) is 11.2. The maximum Gasteiger partial charge on any atom is 0.265 e. The van der Waals surface area contributed by atoms with Crippen molar-refractivity contribution in [1.82, 2.24) is 14.9 Å². The van der Waals surface area contributed by atoms with Crippen molar-refractivity contribution in [2.45, 2.75) is 50.2 Å². The molecule has 3 aromatic carbocycles. The smallest absolute Gasteiger partial charge is 0.265 e. The van der Waals surface area contributed by atoms with Crippen LogP contribution in [0.3, 0.4) is 0 Å². The molecule has 0 spiro atoms. The van der Waals surface area contributed by atoms with Crippen LogP contribution in [0.1, 0.15) is 42.6 Å². The van der Waals surface area contributed by atoms with E-state index in [1.165, 1.54) is 24.3 Å². The molecule has 0 bridgehead atoms. The summed E-state index contributed by atoms with van der Waals surface area (Å²) in [5.74, 6) is 0.141. The number of nitrogens with zero attached hydrogens (tertiary/aromatic N) is 3. The number of rotatable bonds is 7. The van der Waals surface area contributed by atoms with Crippen LogP contribution in [0.2, 0.25) is 5.02 Å². The topological polar surface area (TPSA) is 117 Å². The molecule has 6 rings (SSSR count). The van der Waals surface area contributed by atoms with E-state index in [2.05, 4.69) is 27.0 Å². The van der Waals surface area contributed by atoms with E-state index in [1.807, 2.05) is 19.1 Å². The summed E-state index contributed by atoms with van der Waals surface area (Å²) in [4.78, 5) is 11.5. The molecule has 0 saturated carbocycles. The summed E-state index contributed by atoms with van der Waals surface area (Å²) in [5, 5.41) is 14.6. The van der Waals surface area contributed by atoms with Crippen LogP contribution in [0.5, 0.6) is 5.75 Å². The molecule has 3 N–H and O–H groups in total. The minimum atomic E-state index is -4.21. The Balaban J connectivity index is 1.35. The highest BCUT2D eigenvalue weighted by molar-refractivity contribution is 7.92. The number of ether oxygens (including phenoxy) is 1. The molecule has 3 heterocycles. The minimum absolute atomic E-state index is 0.0520. The van der Waals surface area contributed by atoms with Crippen molar-refractivity contribution in [3.63, 3.8) is 0 Å². The molecule has 9 nitrogen and oxygen atoms in total. The molecular weight excluding hydrogens is 593 g/mol. The molecule has 4 aromatic rings. The summed E-state index contributed by atoms with van der Waals surface area (Å²) >= 11 is 6.18. The molecule has 1 fully saturated rings. The largest absolute Gasteiger partial charge is 0.489 e. The van der Waals surface area contributed by atoms with Gasteiger partial charge in [0.05, 0.1) is 11.2 Å². The van der Waals surface area contributed by atoms with Crippen molar-refractivity contribution in [2.75, 3.05) is 36.8 Å². The van der Waals surface area contributed by atoms with Gasteiger partial charge in [-0.25, -0.2) is 22.8 Å². The van der Waals surface area contributed by atoms with Gasteiger partial charge in [-0.2, -0.15) is 0 Å². The first-order valence-corrected chi connectivity index (χ1v) is 16.1. The fraction of sp³-hybridized carbons (Fsp3) is 0.355. The number of sulfonamides is 1. The number of piperidine rings is 1. The first-order valence-electron chi connectivity index (χ1n) is 14.3. The van der Waals surface area contributed by atoms with E-state index >= 15 is 4.39 Å². The number of aromatic nitrogens is 2. The molecule has 2 aliphatic rings. The van der Waals surface area contributed by atoms with E-state index in [0.29, 0.717) is 35.1 Å². The Kier molecular flexibility index (Phi) is 7.93. The van der Waals surface area contributed by atoms with E-state index in [4.69, 9.17) is 21.3 Å². The van der Waals surface area contributed by atoms with Gasteiger partial charge >= 0.3 is 0 Å². The molecule has 0 radical (unpaired) electrons. The van der Waals surface area contributed by atoms with E-state index in [-0.39, 0.29) is 33.5 Å². The number of halogens is 2. The molecule has 0 amide bonds. The molecule has 43 heavy (non-hydrogen) atoms. The summed E-state index contributed by atoms with van der Waals surface area (Å²) in [7, 11) is -2.09. The van der Waals surface area contributed by atoms with Crippen LogP contribution in [0, 0.1) is 12.7 Å². The molecule has 1 atom stereocenters. The highest BCUT2D eigenvalue weighted by atomic mass is 35.5. The summed E-state index contributed by atoms with van der Waals surface area (Å²) in [5.41, 5.74) is 3.50. The average molecular weight is 626 g/mol. The van der Waals surface area contributed by atoms with Crippen LogP contribution in [0.15, 0.2) is 47.5 Å². The van der Waals surface area contributed by atoms with Crippen molar-refractivity contribution in [3.8, 4) is 16.9 Å². The lowest BCUT2D eigenvalue weighted by atomic mass is 9.94. The van der Waals surface area contributed by atoms with Gasteiger partial charge in [0.1, 0.15) is 29.2 Å². The monoisotopic (exact) mass is 625 g/mol. The third-order valence-electron chi connectivity index (χ3n) is 8.22.